The predicted octanol–water partition coefficient (Wildman–Crippen LogP) is 1.32. The standard InChI is InChI=1S/C11H14BrNO3/c1-8(14)6-13-11(15)7-16-10-4-2-9(12)3-5-10/h2-5,8,14H,6-7H2,1H3,(H,13,15). The van der Waals surface area contributed by atoms with E-state index in [0.29, 0.717) is 5.75 Å². The highest BCUT2D eigenvalue weighted by atomic mass is 79.9. The average molecular weight is 288 g/mol. The summed E-state index contributed by atoms with van der Waals surface area (Å²) in [5.41, 5.74) is 0. The lowest BCUT2D eigenvalue weighted by Crippen LogP contribution is -2.34. The number of aliphatic hydroxyl groups excluding tert-OH is 1. The van der Waals surface area contributed by atoms with Crippen molar-refractivity contribution >= 4 is 21.8 Å². The lowest BCUT2D eigenvalue weighted by molar-refractivity contribution is -0.123. The quantitative estimate of drug-likeness (QED) is 0.859. The van der Waals surface area contributed by atoms with E-state index >= 15 is 0 Å². The van der Waals surface area contributed by atoms with Crippen LogP contribution in [0, 0.1) is 0 Å². The van der Waals surface area contributed by atoms with Crippen LogP contribution in [-0.4, -0.2) is 30.3 Å². The van der Waals surface area contributed by atoms with Gasteiger partial charge in [0.05, 0.1) is 6.10 Å². The van der Waals surface area contributed by atoms with Crippen LogP contribution < -0.4 is 10.1 Å². The van der Waals surface area contributed by atoms with Gasteiger partial charge in [0.1, 0.15) is 5.75 Å². The Labute approximate surface area is 103 Å². The van der Waals surface area contributed by atoms with Gasteiger partial charge in [-0.2, -0.15) is 0 Å². The lowest BCUT2D eigenvalue weighted by atomic mass is 10.3. The van der Waals surface area contributed by atoms with Crippen LogP contribution in [0.3, 0.4) is 0 Å². The van der Waals surface area contributed by atoms with E-state index in [2.05, 4.69) is 21.2 Å². The SMILES string of the molecule is CC(O)CNC(=O)COc1ccc(Br)cc1. The number of amides is 1. The molecule has 0 aliphatic rings. The second-order valence-electron chi connectivity index (χ2n) is 3.40. The highest BCUT2D eigenvalue weighted by molar-refractivity contribution is 9.10. The van der Waals surface area contributed by atoms with Gasteiger partial charge in [-0.15, -0.1) is 0 Å². The molecule has 0 radical (unpaired) electrons. The Kier molecular flexibility index (Phi) is 5.28. The van der Waals surface area contributed by atoms with Crippen molar-refractivity contribution in [1.29, 1.82) is 0 Å². The number of nitrogens with one attached hydrogen (secondary N) is 1. The highest BCUT2D eigenvalue weighted by Crippen LogP contribution is 2.15. The maximum Gasteiger partial charge on any atom is 0.258 e. The molecule has 16 heavy (non-hydrogen) atoms. The number of ether oxygens (including phenoxy) is 1. The topological polar surface area (TPSA) is 58.6 Å². The molecule has 0 aliphatic heterocycles. The van der Waals surface area contributed by atoms with E-state index in [1.165, 1.54) is 0 Å². The Bertz CT molecular complexity index is 338. The third-order valence-electron chi connectivity index (χ3n) is 1.78. The minimum absolute atomic E-state index is 0.0473. The zero-order valence-corrected chi connectivity index (χ0v) is 10.5. The molecule has 0 bridgehead atoms. The summed E-state index contributed by atoms with van der Waals surface area (Å²) < 4.78 is 6.20. The molecule has 0 aromatic heterocycles. The molecule has 0 saturated carbocycles. The molecular formula is C11H14BrNO3. The van der Waals surface area contributed by atoms with Gasteiger partial charge in [-0.1, -0.05) is 15.9 Å². The number of halogens is 1. The van der Waals surface area contributed by atoms with Crippen molar-refractivity contribution in [2.24, 2.45) is 0 Å². The van der Waals surface area contributed by atoms with E-state index in [1.54, 1.807) is 19.1 Å². The number of benzene rings is 1. The van der Waals surface area contributed by atoms with E-state index in [9.17, 15) is 4.79 Å². The molecule has 0 aliphatic carbocycles. The van der Waals surface area contributed by atoms with Gasteiger partial charge in [-0.3, -0.25) is 4.79 Å². The Hall–Kier alpha value is -1.07. The summed E-state index contributed by atoms with van der Waals surface area (Å²) >= 11 is 3.30. The predicted molar refractivity (Wildman–Crippen MR) is 64.3 cm³/mol. The van der Waals surface area contributed by atoms with Crippen molar-refractivity contribution in [2.45, 2.75) is 13.0 Å². The summed E-state index contributed by atoms with van der Waals surface area (Å²) in [6.45, 7) is 1.80. The first-order valence-electron chi connectivity index (χ1n) is 4.91. The molecule has 1 amide bonds. The van der Waals surface area contributed by atoms with E-state index < -0.39 is 6.10 Å². The molecule has 88 valence electrons. The van der Waals surface area contributed by atoms with Crippen LogP contribution in [0.15, 0.2) is 28.7 Å². The Morgan fingerprint density at radius 2 is 2.12 bits per heavy atom. The summed E-state index contributed by atoms with van der Waals surface area (Å²) in [4.78, 5) is 11.2. The molecule has 2 N–H and O–H groups in total. The molecule has 1 aromatic rings. The second-order valence-corrected chi connectivity index (χ2v) is 4.31. The first-order chi connectivity index (χ1) is 7.58. The fraction of sp³-hybridized carbons (Fsp3) is 0.364. The maximum absolute atomic E-state index is 11.2. The molecule has 0 spiro atoms. The van der Waals surface area contributed by atoms with Crippen LogP contribution in [0.1, 0.15) is 6.92 Å². The molecular weight excluding hydrogens is 274 g/mol. The smallest absolute Gasteiger partial charge is 0.258 e. The van der Waals surface area contributed by atoms with Crippen LogP contribution in [0.4, 0.5) is 0 Å². The van der Waals surface area contributed by atoms with E-state index in [1.807, 2.05) is 12.1 Å². The molecule has 1 atom stereocenters. The van der Waals surface area contributed by atoms with Gasteiger partial charge in [-0.25, -0.2) is 0 Å². The lowest BCUT2D eigenvalue weighted by Gasteiger charge is -2.08. The third-order valence-corrected chi connectivity index (χ3v) is 2.31. The minimum atomic E-state index is -0.545. The summed E-state index contributed by atoms with van der Waals surface area (Å²) in [5, 5.41) is 11.5. The van der Waals surface area contributed by atoms with Crippen LogP contribution in [0.5, 0.6) is 5.75 Å². The Morgan fingerprint density at radius 3 is 2.69 bits per heavy atom. The second kappa shape index (κ2) is 6.50. The molecule has 0 saturated heterocycles. The van der Waals surface area contributed by atoms with E-state index in [-0.39, 0.29) is 19.1 Å². The van der Waals surface area contributed by atoms with Gasteiger partial charge < -0.3 is 15.2 Å². The van der Waals surface area contributed by atoms with Crippen molar-refractivity contribution < 1.29 is 14.6 Å². The number of hydrogen-bond acceptors (Lipinski definition) is 3. The van der Waals surface area contributed by atoms with Crippen molar-refractivity contribution in [2.75, 3.05) is 13.2 Å². The third kappa shape index (κ3) is 5.14. The van der Waals surface area contributed by atoms with Gasteiger partial charge in [-0.05, 0) is 31.2 Å². The summed E-state index contributed by atoms with van der Waals surface area (Å²) in [5.74, 6) is 0.388. The van der Waals surface area contributed by atoms with Gasteiger partial charge in [0.25, 0.3) is 5.91 Å². The van der Waals surface area contributed by atoms with Crippen molar-refractivity contribution in [3.05, 3.63) is 28.7 Å². The number of carbonyl (C=O) groups excluding carboxylic acids is 1. The molecule has 4 nitrogen and oxygen atoms in total. The first kappa shape index (κ1) is 13.0. The van der Waals surface area contributed by atoms with E-state index in [0.717, 1.165) is 4.47 Å². The first-order valence-corrected chi connectivity index (χ1v) is 5.70. The maximum atomic E-state index is 11.2. The van der Waals surface area contributed by atoms with Crippen LogP contribution in [0.25, 0.3) is 0 Å². The Morgan fingerprint density at radius 1 is 1.50 bits per heavy atom. The van der Waals surface area contributed by atoms with Crippen LogP contribution in [-0.2, 0) is 4.79 Å². The summed E-state index contributed by atoms with van der Waals surface area (Å²) in [7, 11) is 0. The minimum Gasteiger partial charge on any atom is -0.484 e. The highest BCUT2D eigenvalue weighted by Gasteiger charge is 2.03. The van der Waals surface area contributed by atoms with E-state index in [4.69, 9.17) is 9.84 Å². The number of rotatable bonds is 5. The van der Waals surface area contributed by atoms with Gasteiger partial charge in [0, 0.05) is 11.0 Å². The fourth-order valence-electron chi connectivity index (χ4n) is 0.992. The zero-order chi connectivity index (χ0) is 12.0. The molecule has 1 rings (SSSR count). The average Bonchev–Trinajstić information content (AvgIpc) is 2.25. The number of hydrogen-bond donors (Lipinski definition) is 2. The van der Waals surface area contributed by atoms with Crippen molar-refractivity contribution in [3.63, 3.8) is 0 Å². The molecule has 0 heterocycles. The number of aliphatic hydroxyl groups is 1. The van der Waals surface area contributed by atoms with Gasteiger partial charge >= 0.3 is 0 Å². The van der Waals surface area contributed by atoms with Gasteiger partial charge in [0.2, 0.25) is 0 Å². The zero-order valence-electron chi connectivity index (χ0n) is 8.94. The fourth-order valence-corrected chi connectivity index (χ4v) is 1.26. The van der Waals surface area contributed by atoms with Crippen molar-refractivity contribution in [3.8, 4) is 5.75 Å². The number of carbonyl (C=O) groups is 1. The summed E-state index contributed by atoms with van der Waals surface area (Å²) in [6.07, 6.45) is -0.545. The Balaban J connectivity index is 2.29. The van der Waals surface area contributed by atoms with Gasteiger partial charge in [0.15, 0.2) is 6.61 Å². The molecule has 0 fully saturated rings. The summed E-state index contributed by atoms with van der Waals surface area (Å²) in [6, 6.07) is 7.21. The molecule has 1 aromatic carbocycles. The van der Waals surface area contributed by atoms with Crippen molar-refractivity contribution in [1.82, 2.24) is 5.32 Å². The van der Waals surface area contributed by atoms with Crippen LogP contribution in [0.2, 0.25) is 0 Å². The normalized spacial score (nSPS) is 11.9. The largest absolute Gasteiger partial charge is 0.484 e. The molecule has 5 heteroatoms. The monoisotopic (exact) mass is 287 g/mol. The molecule has 1 unspecified atom stereocenters. The van der Waals surface area contributed by atoms with Crippen LogP contribution >= 0.6 is 15.9 Å².